The first kappa shape index (κ1) is 13.5. The Labute approximate surface area is 103 Å². The third kappa shape index (κ3) is 3.48. The van der Waals surface area contributed by atoms with Crippen LogP contribution in [0.5, 0.6) is 5.75 Å². The highest BCUT2D eigenvalue weighted by molar-refractivity contribution is 5.99. The molecule has 7 nitrogen and oxygen atoms in total. The summed E-state index contributed by atoms with van der Waals surface area (Å²) >= 11 is 0. The number of benzene rings is 1. The Morgan fingerprint density at radius 2 is 2.11 bits per heavy atom. The lowest BCUT2D eigenvalue weighted by atomic mass is 10.1. The second-order valence-electron chi connectivity index (χ2n) is 3.66. The predicted molar refractivity (Wildman–Crippen MR) is 63.6 cm³/mol. The molecule has 18 heavy (non-hydrogen) atoms. The maximum absolute atomic E-state index is 11.7. The van der Waals surface area contributed by atoms with Gasteiger partial charge in [-0.2, -0.15) is 0 Å². The number of nitrogens with one attached hydrogen (secondary N) is 1. The molecule has 2 amide bonds. The van der Waals surface area contributed by atoms with E-state index in [1.165, 1.54) is 18.2 Å². The first-order valence-electron chi connectivity index (χ1n) is 5.07. The van der Waals surface area contributed by atoms with Crippen molar-refractivity contribution >= 4 is 23.8 Å². The fourth-order valence-electron chi connectivity index (χ4n) is 1.33. The highest BCUT2D eigenvalue weighted by Crippen LogP contribution is 2.19. The first-order chi connectivity index (χ1) is 8.43. The number of anilines is 1. The molecule has 6 N–H and O–H groups in total. The molecule has 0 saturated heterocycles. The second-order valence-corrected chi connectivity index (χ2v) is 3.66. The fraction of sp³-hybridized carbons (Fsp3) is 0.182. The number of hydrogen-bond acceptors (Lipinski definition) is 5. The van der Waals surface area contributed by atoms with E-state index < -0.39 is 17.9 Å². The van der Waals surface area contributed by atoms with Crippen LogP contribution in [0.4, 0.5) is 5.69 Å². The Morgan fingerprint density at radius 3 is 2.67 bits per heavy atom. The lowest BCUT2D eigenvalue weighted by molar-refractivity contribution is -0.120. The predicted octanol–water partition coefficient (Wildman–Crippen LogP) is -0.853. The van der Waals surface area contributed by atoms with Gasteiger partial charge in [-0.05, 0) is 18.2 Å². The van der Waals surface area contributed by atoms with Crippen LogP contribution in [0.15, 0.2) is 18.2 Å². The van der Waals surface area contributed by atoms with Crippen molar-refractivity contribution in [1.82, 2.24) is 5.32 Å². The zero-order valence-corrected chi connectivity index (χ0v) is 9.42. The van der Waals surface area contributed by atoms with Gasteiger partial charge in [-0.3, -0.25) is 9.59 Å². The molecule has 0 spiro atoms. The van der Waals surface area contributed by atoms with Gasteiger partial charge in [0.15, 0.2) is 0 Å². The van der Waals surface area contributed by atoms with Crippen LogP contribution >= 0.6 is 0 Å². The second kappa shape index (κ2) is 5.67. The Hall–Kier alpha value is -2.57. The number of phenolic OH excluding ortho intramolecular Hbond substituents is 1. The number of rotatable bonds is 5. The standard InChI is InChI=1S/C11H13N3O4/c12-6-1-2-9(16)8(3-6)11(18)14-7(5-15)4-10(13)17/h1-3,5,7,16H,4,12H2,(H2,13,17)(H,14,18)/t7-/m1/s1. The Kier molecular flexibility index (Phi) is 4.25. The molecule has 96 valence electrons. The molecule has 0 aliphatic carbocycles. The van der Waals surface area contributed by atoms with Crippen LogP contribution in [0.1, 0.15) is 16.8 Å². The SMILES string of the molecule is NC(=O)C[C@H](C=O)NC(=O)c1cc(N)ccc1O. The van der Waals surface area contributed by atoms with Crippen LogP contribution in [-0.2, 0) is 9.59 Å². The van der Waals surface area contributed by atoms with E-state index in [1.807, 2.05) is 0 Å². The average molecular weight is 251 g/mol. The van der Waals surface area contributed by atoms with E-state index in [2.05, 4.69) is 5.32 Å². The highest BCUT2D eigenvalue weighted by Gasteiger charge is 2.17. The molecule has 1 rings (SSSR count). The van der Waals surface area contributed by atoms with Crippen LogP contribution in [-0.4, -0.2) is 29.2 Å². The molecule has 0 saturated carbocycles. The molecule has 0 radical (unpaired) electrons. The number of amides is 2. The van der Waals surface area contributed by atoms with Crippen LogP contribution in [0.2, 0.25) is 0 Å². The number of carbonyl (C=O) groups excluding carboxylic acids is 3. The summed E-state index contributed by atoms with van der Waals surface area (Å²) in [5, 5.41) is 11.7. The van der Waals surface area contributed by atoms with Crippen LogP contribution < -0.4 is 16.8 Å². The van der Waals surface area contributed by atoms with Gasteiger partial charge in [-0.1, -0.05) is 0 Å². The number of aldehydes is 1. The molecular weight excluding hydrogens is 238 g/mol. The van der Waals surface area contributed by atoms with E-state index in [4.69, 9.17) is 11.5 Å². The van der Waals surface area contributed by atoms with Gasteiger partial charge in [0.05, 0.1) is 18.0 Å². The summed E-state index contributed by atoms with van der Waals surface area (Å²) in [5.74, 6) is -1.70. The van der Waals surface area contributed by atoms with E-state index in [1.54, 1.807) is 0 Å². The van der Waals surface area contributed by atoms with Crippen LogP contribution in [0, 0.1) is 0 Å². The summed E-state index contributed by atoms with van der Waals surface area (Å²) in [7, 11) is 0. The number of nitrogens with two attached hydrogens (primary N) is 2. The van der Waals surface area contributed by atoms with E-state index in [-0.39, 0.29) is 23.4 Å². The molecule has 0 aromatic heterocycles. The zero-order chi connectivity index (χ0) is 13.7. The van der Waals surface area contributed by atoms with Gasteiger partial charge in [0.2, 0.25) is 5.91 Å². The molecule has 1 aromatic rings. The van der Waals surface area contributed by atoms with Gasteiger partial charge in [0.25, 0.3) is 5.91 Å². The Morgan fingerprint density at radius 1 is 1.44 bits per heavy atom. The van der Waals surface area contributed by atoms with E-state index in [9.17, 15) is 19.5 Å². The number of phenols is 1. The fourth-order valence-corrected chi connectivity index (χ4v) is 1.33. The quantitative estimate of drug-likeness (QED) is 0.307. The number of carbonyl (C=O) groups is 3. The first-order valence-corrected chi connectivity index (χ1v) is 5.07. The van der Waals surface area contributed by atoms with Gasteiger partial charge in [0, 0.05) is 5.69 Å². The number of hydrogen-bond donors (Lipinski definition) is 4. The van der Waals surface area contributed by atoms with Crippen molar-refractivity contribution in [3.05, 3.63) is 23.8 Å². The smallest absolute Gasteiger partial charge is 0.255 e. The molecule has 0 aliphatic heterocycles. The van der Waals surface area contributed by atoms with Crippen molar-refractivity contribution in [3.63, 3.8) is 0 Å². The topological polar surface area (TPSA) is 136 Å². The van der Waals surface area contributed by atoms with Crippen molar-refractivity contribution in [3.8, 4) is 5.75 Å². The van der Waals surface area contributed by atoms with Gasteiger partial charge in [0.1, 0.15) is 12.0 Å². The summed E-state index contributed by atoms with van der Waals surface area (Å²) in [5.41, 5.74) is 10.6. The average Bonchev–Trinajstić information content (AvgIpc) is 2.30. The van der Waals surface area contributed by atoms with Gasteiger partial charge < -0.3 is 26.7 Å². The molecule has 0 heterocycles. The normalized spacial score (nSPS) is 11.6. The molecule has 0 aliphatic rings. The molecule has 1 atom stereocenters. The molecular formula is C11H13N3O4. The minimum absolute atomic E-state index is 0.0775. The van der Waals surface area contributed by atoms with Crippen molar-refractivity contribution in [2.24, 2.45) is 5.73 Å². The van der Waals surface area contributed by atoms with Crippen LogP contribution in [0.25, 0.3) is 0 Å². The van der Waals surface area contributed by atoms with Crippen molar-refractivity contribution in [1.29, 1.82) is 0 Å². The van der Waals surface area contributed by atoms with Crippen molar-refractivity contribution in [2.45, 2.75) is 12.5 Å². The number of aromatic hydroxyl groups is 1. The molecule has 7 heteroatoms. The molecule has 0 fully saturated rings. The van der Waals surface area contributed by atoms with Gasteiger partial charge in [-0.15, -0.1) is 0 Å². The van der Waals surface area contributed by atoms with Crippen molar-refractivity contribution < 1.29 is 19.5 Å². The summed E-state index contributed by atoms with van der Waals surface area (Å²) in [6, 6.07) is 2.91. The van der Waals surface area contributed by atoms with Gasteiger partial charge >= 0.3 is 0 Å². The minimum atomic E-state index is -1.03. The zero-order valence-electron chi connectivity index (χ0n) is 9.42. The van der Waals surface area contributed by atoms with Crippen molar-refractivity contribution in [2.75, 3.05) is 5.73 Å². The third-order valence-electron chi connectivity index (χ3n) is 2.17. The molecule has 1 aromatic carbocycles. The number of primary amides is 1. The lowest BCUT2D eigenvalue weighted by Crippen LogP contribution is -2.39. The van der Waals surface area contributed by atoms with E-state index in [0.29, 0.717) is 6.29 Å². The minimum Gasteiger partial charge on any atom is -0.507 e. The monoisotopic (exact) mass is 251 g/mol. The molecule has 0 unspecified atom stereocenters. The molecule has 0 bridgehead atoms. The largest absolute Gasteiger partial charge is 0.507 e. The summed E-state index contributed by atoms with van der Waals surface area (Å²) < 4.78 is 0. The van der Waals surface area contributed by atoms with E-state index in [0.717, 1.165) is 0 Å². The summed E-state index contributed by atoms with van der Waals surface area (Å²) in [6.45, 7) is 0. The van der Waals surface area contributed by atoms with Gasteiger partial charge in [-0.25, -0.2) is 0 Å². The maximum Gasteiger partial charge on any atom is 0.255 e. The highest BCUT2D eigenvalue weighted by atomic mass is 16.3. The lowest BCUT2D eigenvalue weighted by Gasteiger charge is -2.12. The summed E-state index contributed by atoms with van der Waals surface area (Å²) in [4.78, 5) is 33.0. The summed E-state index contributed by atoms with van der Waals surface area (Å²) in [6.07, 6.45) is 0.0876. The Balaban J connectivity index is 2.83. The van der Waals surface area contributed by atoms with E-state index >= 15 is 0 Å². The maximum atomic E-state index is 11.7. The third-order valence-corrected chi connectivity index (χ3v) is 2.17. The van der Waals surface area contributed by atoms with Crippen LogP contribution in [0.3, 0.4) is 0 Å². The Bertz CT molecular complexity index is 487. The number of nitrogen functional groups attached to an aromatic ring is 1.